The molecule has 1 atom stereocenters. The number of para-hydroxylation sites is 1. The van der Waals surface area contributed by atoms with E-state index >= 15 is 0 Å². The van der Waals surface area contributed by atoms with E-state index in [1.807, 2.05) is 18.2 Å². The van der Waals surface area contributed by atoms with Gasteiger partial charge in [0, 0.05) is 0 Å². The highest BCUT2D eigenvalue weighted by molar-refractivity contribution is 6.19. The molecule has 0 bridgehead atoms. The number of amides is 1. The topological polar surface area (TPSA) is 94.7 Å². The maximum Gasteiger partial charge on any atom is 0.337 e. The highest BCUT2D eigenvalue weighted by Crippen LogP contribution is 2.26. The molecule has 0 spiro atoms. The number of hydrazone groups is 1. The molecule has 24 heavy (non-hydrogen) atoms. The van der Waals surface area contributed by atoms with Crippen LogP contribution in [0.25, 0.3) is 0 Å². The average Bonchev–Trinajstić information content (AvgIpc) is 2.88. The van der Waals surface area contributed by atoms with E-state index in [9.17, 15) is 14.7 Å². The summed E-state index contributed by atoms with van der Waals surface area (Å²) in [5.74, 6) is -1.55. The van der Waals surface area contributed by atoms with E-state index < -0.39 is 17.9 Å². The molecule has 0 saturated heterocycles. The molecule has 1 heterocycles. The van der Waals surface area contributed by atoms with Gasteiger partial charge in [-0.15, -0.1) is 0 Å². The smallest absolute Gasteiger partial charge is 0.337 e. The van der Waals surface area contributed by atoms with E-state index in [1.165, 1.54) is 12.1 Å². The van der Waals surface area contributed by atoms with Gasteiger partial charge >= 0.3 is 5.97 Å². The van der Waals surface area contributed by atoms with Gasteiger partial charge in [0.2, 0.25) is 0 Å². The van der Waals surface area contributed by atoms with Gasteiger partial charge in [0.1, 0.15) is 0 Å². The van der Waals surface area contributed by atoms with Gasteiger partial charge in [0.25, 0.3) is 5.91 Å². The van der Waals surface area contributed by atoms with Crippen molar-refractivity contribution >= 4 is 29.0 Å². The molecule has 0 unspecified atom stereocenters. The number of rotatable bonds is 4. The van der Waals surface area contributed by atoms with E-state index in [2.05, 4.69) is 15.3 Å². The minimum Gasteiger partial charge on any atom is -0.478 e. The van der Waals surface area contributed by atoms with Gasteiger partial charge in [-0.05, 0) is 31.2 Å². The predicted molar refractivity (Wildman–Crippen MR) is 88.7 cm³/mol. The minimum atomic E-state index is -1.12. The van der Waals surface area contributed by atoms with Gasteiger partial charge in [0.05, 0.1) is 22.6 Å². The monoisotopic (exact) mass is 322 g/mol. The first-order chi connectivity index (χ1) is 11.6. The zero-order valence-electron chi connectivity index (χ0n) is 12.8. The largest absolute Gasteiger partial charge is 0.478 e. The Labute approximate surface area is 137 Å². The molecule has 0 fully saturated rings. The summed E-state index contributed by atoms with van der Waals surface area (Å²) in [7, 11) is 0. The van der Waals surface area contributed by atoms with Crippen molar-refractivity contribution in [1.29, 1.82) is 0 Å². The lowest BCUT2D eigenvalue weighted by atomic mass is 10.1. The van der Waals surface area contributed by atoms with Crippen LogP contribution in [0.1, 0.15) is 17.3 Å². The van der Waals surface area contributed by atoms with Gasteiger partial charge in [-0.3, -0.25) is 4.79 Å². The number of carbonyl (C=O) groups is 2. The van der Waals surface area contributed by atoms with Crippen LogP contribution in [0.2, 0.25) is 0 Å². The van der Waals surface area contributed by atoms with Crippen LogP contribution in [0.4, 0.5) is 11.4 Å². The molecular formula is C17H14N4O3. The Balaban J connectivity index is 1.89. The Morgan fingerprint density at radius 3 is 2.50 bits per heavy atom. The van der Waals surface area contributed by atoms with Crippen molar-refractivity contribution in [2.24, 2.45) is 15.3 Å². The zero-order valence-corrected chi connectivity index (χ0v) is 12.8. The third-order valence-electron chi connectivity index (χ3n) is 3.50. The number of carboxylic acids is 1. The molecule has 2 aromatic carbocycles. The maximum atomic E-state index is 12.6. The van der Waals surface area contributed by atoms with Crippen molar-refractivity contribution in [2.75, 3.05) is 5.01 Å². The molecule has 1 aliphatic rings. The highest BCUT2D eigenvalue weighted by atomic mass is 16.4. The summed E-state index contributed by atoms with van der Waals surface area (Å²) in [4.78, 5) is 23.9. The molecule has 2 aromatic rings. The molecule has 0 saturated carbocycles. The number of anilines is 1. The Bertz CT molecular complexity index is 846. The number of hydrogen-bond donors (Lipinski definition) is 1. The molecule has 120 valence electrons. The number of carbonyl (C=O) groups excluding carboxylic acids is 1. The summed E-state index contributed by atoms with van der Waals surface area (Å²) in [6, 6.07) is 14.4. The van der Waals surface area contributed by atoms with E-state index in [4.69, 9.17) is 0 Å². The van der Waals surface area contributed by atoms with Crippen LogP contribution in [-0.4, -0.2) is 28.7 Å². The maximum absolute atomic E-state index is 12.6. The molecule has 3 rings (SSSR count). The molecular weight excluding hydrogens is 308 g/mol. The highest BCUT2D eigenvalue weighted by Gasteiger charge is 2.36. The Kier molecular flexibility index (Phi) is 4.15. The van der Waals surface area contributed by atoms with Gasteiger partial charge in [-0.1, -0.05) is 30.3 Å². The summed E-state index contributed by atoms with van der Waals surface area (Å²) in [6.07, 6.45) is 0. The first kappa shape index (κ1) is 15.5. The normalized spacial score (nSPS) is 17.4. The quantitative estimate of drug-likeness (QED) is 0.875. The summed E-state index contributed by atoms with van der Waals surface area (Å²) in [5, 5.41) is 22.6. The van der Waals surface area contributed by atoms with Crippen molar-refractivity contribution < 1.29 is 14.7 Å². The van der Waals surface area contributed by atoms with Gasteiger partial charge in [-0.25, -0.2) is 4.79 Å². The molecule has 7 nitrogen and oxygen atoms in total. The molecule has 0 aliphatic carbocycles. The van der Waals surface area contributed by atoms with Crippen LogP contribution in [0.15, 0.2) is 69.9 Å². The number of carboxylic acid groups (broad SMARTS) is 1. The molecule has 7 heteroatoms. The van der Waals surface area contributed by atoms with Crippen LogP contribution < -0.4 is 5.01 Å². The summed E-state index contributed by atoms with van der Waals surface area (Å²) in [6.45, 7) is 1.66. The van der Waals surface area contributed by atoms with Crippen molar-refractivity contribution in [1.82, 2.24) is 0 Å². The summed E-state index contributed by atoms with van der Waals surface area (Å²) < 4.78 is 0. The fourth-order valence-corrected chi connectivity index (χ4v) is 2.32. The fraction of sp³-hybridized carbons (Fsp3) is 0.118. The lowest BCUT2D eigenvalue weighted by Gasteiger charge is -2.14. The molecule has 1 aliphatic heterocycles. The van der Waals surface area contributed by atoms with Crippen molar-refractivity contribution in [3.63, 3.8) is 0 Å². The van der Waals surface area contributed by atoms with Crippen molar-refractivity contribution in [3.8, 4) is 0 Å². The van der Waals surface area contributed by atoms with Crippen molar-refractivity contribution in [2.45, 2.75) is 13.0 Å². The SMILES string of the molecule is CC1=NN(c2ccccc2C(=O)O)C(=O)[C@@H]1N=Nc1ccccc1. The molecule has 0 aromatic heterocycles. The van der Waals surface area contributed by atoms with E-state index in [0.29, 0.717) is 11.4 Å². The second-order valence-corrected chi connectivity index (χ2v) is 5.17. The molecule has 1 N–H and O–H groups in total. The molecule has 1 amide bonds. The van der Waals surface area contributed by atoms with E-state index in [-0.39, 0.29) is 11.3 Å². The number of azo groups is 1. The molecule has 0 radical (unpaired) electrons. The lowest BCUT2D eigenvalue weighted by molar-refractivity contribution is -0.117. The van der Waals surface area contributed by atoms with Crippen LogP contribution in [-0.2, 0) is 4.79 Å². The Morgan fingerprint density at radius 2 is 1.79 bits per heavy atom. The third kappa shape index (κ3) is 2.91. The van der Waals surface area contributed by atoms with Crippen LogP contribution >= 0.6 is 0 Å². The van der Waals surface area contributed by atoms with Crippen molar-refractivity contribution in [3.05, 3.63) is 60.2 Å². The minimum absolute atomic E-state index is 0.00282. The number of aromatic carboxylic acids is 1. The summed E-state index contributed by atoms with van der Waals surface area (Å²) in [5.41, 5.74) is 1.30. The first-order valence-electron chi connectivity index (χ1n) is 7.25. The van der Waals surface area contributed by atoms with Crippen LogP contribution in [0.3, 0.4) is 0 Å². The standard InChI is InChI=1S/C17H14N4O3/c1-11-15(19-18-12-7-3-2-4-8-12)16(22)21(20-11)14-10-6-5-9-13(14)17(23)24/h2-10,15H,1H3,(H,23,24)/t15-/m1/s1. The zero-order chi connectivity index (χ0) is 17.1. The second-order valence-electron chi connectivity index (χ2n) is 5.17. The van der Waals surface area contributed by atoms with E-state index in [1.54, 1.807) is 31.2 Å². The number of nitrogens with zero attached hydrogens (tertiary/aromatic N) is 4. The average molecular weight is 322 g/mol. The third-order valence-corrected chi connectivity index (χ3v) is 3.50. The van der Waals surface area contributed by atoms with Gasteiger partial charge in [0.15, 0.2) is 6.04 Å². The predicted octanol–water partition coefficient (Wildman–Crippen LogP) is 3.26. The van der Waals surface area contributed by atoms with Gasteiger partial charge in [-0.2, -0.15) is 20.3 Å². The van der Waals surface area contributed by atoms with E-state index in [0.717, 1.165) is 5.01 Å². The number of benzene rings is 2. The fourth-order valence-electron chi connectivity index (χ4n) is 2.32. The Hall–Kier alpha value is -3.35. The summed E-state index contributed by atoms with van der Waals surface area (Å²) >= 11 is 0. The Morgan fingerprint density at radius 1 is 1.12 bits per heavy atom. The second kappa shape index (κ2) is 6.41. The first-order valence-corrected chi connectivity index (χ1v) is 7.25. The number of hydrogen-bond acceptors (Lipinski definition) is 5. The van der Waals surface area contributed by atoms with Crippen LogP contribution in [0, 0.1) is 0 Å². The van der Waals surface area contributed by atoms with Crippen LogP contribution in [0.5, 0.6) is 0 Å². The lowest BCUT2D eigenvalue weighted by Crippen LogP contribution is -2.30. The van der Waals surface area contributed by atoms with Gasteiger partial charge < -0.3 is 5.11 Å².